The smallest absolute Gasteiger partial charge is 0.273 e. The van der Waals surface area contributed by atoms with Crippen molar-refractivity contribution in [1.82, 2.24) is 30.6 Å². The third-order valence-corrected chi connectivity index (χ3v) is 6.44. The monoisotopic (exact) mass is 486 g/mol. The van der Waals surface area contributed by atoms with Crippen molar-refractivity contribution in [2.75, 3.05) is 0 Å². The highest BCUT2D eigenvalue weighted by molar-refractivity contribution is 7.14. The van der Waals surface area contributed by atoms with Crippen LogP contribution in [0.25, 0.3) is 27.6 Å². The van der Waals surface area contributed by atoms with E-state index in [-0.39, 0.29) is 18.2 Å². The first-order valence-corrected chi connectivity index (χ1v) is 12.1. The average Bonchev–Trinajstić information content (AvgIpc) is 3.64. The van der Waals surface area contributed by atoms with E-state index in [1.807, 2.05) is 82.9 Å². The van der Waals surface area contributed by atoms with Crippen LogP contribution in [0.1, 0.15) is 16.3 Å². The van der Waals surface area contributed by atoms with Gasteiger partial charge in [-0.1, -0.05) is 48.5 Å². The van der Waals surface area contributed by atoms with Crippen molar-refractivity contribution in [3.05, 3.63) is 94.4 Å². The number of carbonyl (C=O) groups is 2. The molecule has 0 saturated carbocycles. The number of nitrogens with zero attached hydrogens (tertiary/aromatic N) is 4. The summed E-state index contributed by atoms with van der Waals surface area (Å²) in [6.07, 6.45) is 0.0437. The largest absolute Gasteiger partial charge is 0.309 e. The predicted molar refractivity (Wildman–Crippen MR) is 132 cm³/mol. The molecule has 0 aliphatic rings. The quantitative estimate of drug-likeness (QED) is 0.352. The Labute approximate surface area is 202 Å². The maximum Gasteiger partial charge on any atom is 0.309 e. The van der Waals surface area contributed by atoms with Crippen molar-refractivity contribution >= 4 is 34.5 Å². The second-order valence-corrected chi connectivity index (χ2v) is 8.85. The van der Waals surface area contributed by atoms with Crippen LogP contribution in [0.15, 0.2) is 82.9 Å². The minimum Gasteiger partial charge on any atom is -0.273 e. The number of carbonyl (C=O) groups excluding carboxylic acids is 2. The fourth-order valence-corrected chi connectivity index (χ4v) is 4.76. The topological polar surface area (TPSA) is 102 Å². The SMILES string of the molecule is O=C(Cc1csc(-c2ccsc2)n1)NNC(=O)c1nc(-c2ccccc2)n(-c2ccccc2)n1. The highest BCUT2D eigenvalue weighted by atomic mass is 32.1. The molecule has 168 valence electrons. The molecule has 5 aromatic rings. The molecule has 0 fully saturated rings. The number of hydrogen-bond donors (Lipinski definition) is 2. The maximum atomic E-state index is 12.7. The van der Waals surface area contributed by atoms with Crippen molar-refractivity contribution in [1.29, 1.82) is 0 Å². The van der Waals surface area contributed by atoms with Crippen molar-refractivity contribution in [2.24, 2.45) is 0 Å². The summed E-state index contributed by atoms with van der Waals surface area (Å²) < 4.78 is 1.60. The van der Waals surface area contributed by atoms with Crippen LogP contribution in [0.2, 0.25) is 0 Å². The lowest BCUT2D eigenvalue weighted by molar-refractivity contribution is -0.121. The second kappa shape index (κ2) is 9.77. The van der Waals surface area contributed by atoms with Gasteiger partial charge in [0.05, 0.1) is 17.8 Å². The fraction of sp³-hybridized carbons (Fsp3) is 0.0417. The normalized spacial score (nSPS) is 10.7. The molecule has 2 amide bonds. The number of amides is 2. The van der Waals surface area contributed by atoms with Gasteiger partial charge in [-0.2, -0.15) is 11.3 Å². The third kappa shape index (κ3) is 4.77. The van der Waals surface area contributed by atoms with Crippen molar-refractivity contribution in [2.45, 2.75) is 6.42 Å². The minimum absolute atomic E-state index is 0.0437. The summed E-state index contributed by atoms with van der Waals surface area (Å²) in [5.41, 5.74) is 8.06. The lowest BCUT2D eigenvalue weighted by Crippen LogP contribution is -2.42. The first kappa shape index (κ1) is 21.7. The third-order valence-electron chi connectivity index (χ3n) is 4.82. The highest BCUT2D eigenvalue weighted by Crippen LogP contribution is 2.26. The number of benzene rings is 2. The highest BCUT2D eigenvalue weighted by Gasteiger charge is 2.19. The molecule has 0 bridgehead atoms. The van der Waals surface area contributed by atoms with E-state index in [2.05, 4.69) is 25.9 Å². The zero-order chi connectivity index (χ0) is 23.3. The maximum absolute atomic E-state index is 12.7. The fourth-order valence-electron chi connectivity index (χ4n) is 3.23. The van der Waals surface area contributed by atoms with Gasteiger partial charge in [0.25, 0.3) is 0 Å². The van der Waals surface area contributed by atoms with Gasteiger partial charge in [0.15, 0.2) is 5.82 Å². The van der Waals surface area contributed by atoms with Crippen molar-refractivity contribution in [3.63, 3.8) is 0 Å². The number of nitrogens with one attached hydrogen (secondary N) is 2. The Bertz CT molecular complexity index is 1360. The van der Waals surface area contributed by atoms with Crippen molar-refractivity contribution < 1.29 is 9.59 Å². The molecular weight excluding hydrogens is 468 g/mol. The molecule has 0 radical (unpaired) electrons. The van der Waals surface area contributed by atoms with E-state index in [4.69, 9.17) is 0 Å². The van der Waals surface area contributed by atoms with E-state index >= 15 is 0 Å². The number of rotatable bonds is 6. The van der Waals surface area contributed by atoms with E-state index in [0.717, 1.165) is 21.8 Å². The molecule has 0 unspecified atom stereocenters. The molecule has 34 heavy (non-hydrogen) atoms. The van der Waals surface area contributed by atoms with Crippen LogP contribution in [0.5, 0.6) is 0 Å². The van der Waals surface area contributed by atoms with Crippen LogP contribution >= 0.6 is 22.7 Å². The molecule has 2 aromatic carbocycles. The lowest BCUT2D eigenvalue weighted by atomic mass is 10.2. The van der Waals surface area contributed by atoms with Gasteiger partial charge >= 0.3 is 5.91 Å². The Kier molecular flexibility index (Phi) is 6.23. The van der Waals surface area contributed by atoms with Gasteiger partial charge < -0.3 is 0 Å². The number of para-hydroxylation sites is 1. The van der Waals surface area contributed by atoms with Gasteiger partial charge in [0.2, 0.25) is 11.7 Å². The molecule has 10 heteroatoms. The zero-order valence-electron chi connectivity index (χ0n) is 17.7. The molecule has 3 aromatic heterocycles. The summed E-state index contributed by atoms with van der Waals surface area (Å²) in [5, 5.41) is 11.1. The van der Waals surface area contributed by atoms with Gasteiger partial charge in [0.1, 0.15) is 5.01 Å². The van der Waals surface area contributed by atoms with E-state index in [1.165, 1.54) is 11.3 Å². The number of thiophene rings is 1. The Morgan fingerprint density at radius 1 is 0.853 bits per heavy atom. The van der Waals surface area contributed by atoms with E-state index < -0.39 is 5.91 Å². The molecule has 5 rings (SSSR count). The van der Waals surface area contributed by atoms with E-state index in [0.29, 0.717) is 11.5 Å². The van der Waals surface area contributed by atoms with Crippen LogP contribution < -0.4 is 10.9 Å². The van der Waals surface area contributed by atoms with Gasteiger partial charge in [-0.15, -0.1) is 16.4 Å². The van der Waals surface area contributed by atoms with Crippen LogP contribution in [-0.4, -0.2) is 31.6 Å². The molecule has 2 N–H and O–H groups in total. The van der Waals surface area contributed by atoms with Crippen LogP contribution in [0.4, 0.5) is 0 Å². The first-order valence-electron chi connectivity index (χ1n) is 10.3. The Morgan fingerprint density at radius 3 is 2.35 bits per heavy atom. The van der Waals surface area contributed by atoms with E-state index in [9.17, 15) is 9.59 Å². The van der Waals surface area contributed by atoms with Crippen molar-refractivity contribution in [3.8, 4) is 27.6 Å². The lowest BCUT2D eigenvalue weighted by Gasteiger charge is -2.05. The summed E-state index contributed by atoms with van der Waals surface area (Å²) in [6.45, 7) is 0. The van der Waals surface area contributed by atoms with Gasteiger partial charge in [-0.05, 0) is 23.6 Å². The Hall–Kier alpha value is -4.15. The van der Waals surface area contributed by atoms with Gasteiger partial charge in [-0.3, -0.25) is 20.4 Å². The number of hydrogen-bond acceptors (Lipinski definition) is 7. The first-order chi connectivity index (χ1) is 16.7. The van der Waals surface area contributed by atoms with Crippen LogP contribution in [-0.2, 0) is 11.2 Å². The van der Waals surface area contributed by atoms with Crippen LogP contribution in [0.3, 0.4) is 0 Å². The summed E-state index contributed by atoms with van der Waals surface area (Å²) in [6, 6.07) is 20.9. The molecule has 3 heterocycles. The molecule has 8 nitrogen and oxygen atoms in total. The Balaban J connectivity index is 1.28. The molecule has 0 atom stereocenters. The summed E-state index contributed by atoms with van der Waals surface area (Å²) in [7, 11) is 0. The molecule has 0 spiro atoms. The summed E-state index contributed by atoms with van der Waals surface area (Å²) >= 11 is 3.07. The number of aromatic nitrogens is 4. The standard InChI is InChI=1S/C24H18N6O2S2/c31-20(13-18-15-34-24(25-18)17-11-12-33-14-17)27-28-23(32)21-26-22(16-7-3-1-4-8-16)30(29-21)19-9-5-2-6-10-19/h1-12,14-15H,13H2,(H,27,31)(H,28,32). The molecule has 0 saturated heterocycles. The molecule has 0 aliphatic heterocycles. The molecular formula is C24H18N6O2S2. The minimum atomic E-state index is -0.613. The zero-order valence-corrected chi connectivity index (χ0v) is 19.3. The Morgan fingerprint density at radius 2 is 1.62 bits per heavy atom. The van der Waals surface area contributed by atoms with Crippen LogP contribution in [0, 0.1) is 0 Å². The second-order valence-electron chi connectivity index (χ2n) is 7.21. The predicted octanol–water partition coefficient (Wildman–Crippen LogP) is 4.12. The summed E-state index contributed by atoms with van der Waals surface area (Å²) in [4.78, 5) is 34.0. The van der Waals surface area contributed by atoms with Gasteiger partial charge in [0, 0.05) is 21.9 Å². The number of hydrazine groups is 1. The van der Waals surface area contributed by atoms with Gasteiger partial charge in [-0.25, -0.2) is 14.6 Å². The average molecular weight is 487 g/mol. The van der Waals surface area contributed by atoms with E-state index in [1.54, 1.807) is 16.0 Å². The number of thiazole rings is 1. The summed E-state index contributed by atoms with van der Waals surface area (Å²) in [5.74, 6) is -0.540. The molecule has 0 aliphatic carbocycles.